The van der Waals surface area contributed by atoms with E-state index in [4.69, 9.17) is 9.15 Å². The zero-order valence-electron chi connectivity index (χ0n) is 15.5. The highest BCUT2D eigenvalue weighted by molar-refractivity contribution is 7.89. The number of carbonyl (C=O) groups is 2. The molecule has 1 aliphatic heterocycles. The van der Waals surface area contributed by atoms with Crippen molar-refractivity contribution in [3.8, 4) is 0 Å². The molecule has 8 heteroatoms. The molecule has 1 aromatic heterocycles. The third-order valence-electron chi connectivity index (χ3n) is 4.65. The predicted octanol–water partition coefficient (Wildman–Crippen LogP) is 2.81. The van der Waals surface area contributed by atoms with Crippen molar-refractivity contribution in [2.45, 2.75) is 37.0 Å². The van der Waals surface area contributed by atoms with E-state index >= 15 is 0 Å². The summed E-state index contributed by atoms with van der Waals surface area (Å²) in [6.45, 7) is 0.763. The number of ketones is 1. The number of benzene rings is 1. The standard InChI is InChI=1S/C20H23NO6S/c22-18(19-5-4-14-26-19)15-27-20(23)11-8-16-6-9-17(10-7-16)28(24,25)21-12-2-1-3-13-21/h4-7,9-10,14H,1-3,8,11-13,15H2. The molecule has 2 aromatic rings. The second kappa shape index (κ2) is 9.16. The molecule has 28 heavy (non-hydrogen) atoms. The van der Waals surface area contributed by atoms with Gasteiger partial charge in [0, 0.05) is 19.5 Å². The fourth-order valence-corrected chi connectivity index (χ4v) is 4.57. The first-order valence-electron chi connectivity index (χ1n) is 9.28. The number of furan rings is 1. The summed E-state index contributed by atoms with van der Waals surface area (Å²) in [5.41, 5.74) is 0.826. The van der Waals surface area contributed by atoms with Crippen molar-refractivity contribution in [1.29, 1.82) is 0 Å². The zero-order chi connectivity index (χ0) is 20.0. The molecule has 2 heterocycles. The van der Waals surface area contributed by atoms with Crippen LogP contribution in [0.1, 0.15) is 41.8 Å². The van der Waals surface area contributed by atoms with Gasteiger partial charge in [-0.05, 0) is 49.1 Å². The van der Waals surface area contributed by atoms with Crippen molar-refractivity contribution in [2.24, 2.45) is 0 Å². The molecular formula is C20H23NO6S. The molecule has 0 unspecified atom stereocenters. The molecule has 0 atom stereocenters. The first kappa shape index (κ1) is 20.3. The van der Waals surface area contributed by atoms with Crippen LogP contribution < -0.4 is 0 Å². The molecule has 1 aromatic carbocycles. The number of rotatable bonds is 8. The number of esters is 1. The van der Waals surface area contributed by atoms with Gasteiger partial charge in [-0.3, -0.25) is 9.59 Å². The molecule has 0 saturated carbocycles. The van der Waals surface area contributed by atoms with Gasteiger partial charge in [-0.15, -0.1) is 0 Å². The van der Waals surface area contributed by atoms with Crippen LogP contribution in [0.4, 0.5) is 0 Å². The molecule has 0 radical (unpaired) electrons. The predicted molar refractivity (Wildman–Crippen MR) is 101 cm³/mol. The highest BCUT2D eigenvalue weighted by Gasteiger charge is 2.25. The van der Waals surface area contributed by atoms with E-state index in [0.717, 1.165) is 24.8 Å². The summed E-state index contributed by atoms with van der Waals surface area (Å²) in [7, 11) is -3.45. The van der Waals surface area contributed by atoms with E-state index in [0.29, 0.717) is 19.5 Å². The Morgan fingerprint density at radius 3 is 2.39 bits per heavy atom. The van der Waals surface area contributed by atoms with E-state index in [2.05, 4.69) is 0 Å². The number of hydrogen-bond acceptors (Lipinski definition) is 6. The minimum Gasteiger partial charge on any atom is -0.461 e. The van der Waals surface area contributed by atoms with Crippen LogP contribution in [0.5, 0.6) is 0 Å². The third kappa shape index (κ3) is 5.08. The number of sulfonamides is 1. The molecule has 0 N–H and O–H groups in total. The molecule has 0 spiro atoms. The van der Waals surface area contributed by atoms with Crippen LogP contribution in [0.25, 0.3) is 0 Å². The normalized spacial score (nSPS) is 15.3. The van der Waals surface area contributed by atoms with Gasteiger partial charge in [0.05, 0.1) is 11.2 Å². The van der Waals surface area contributed by atoms with Crippen LogP contribution in [0.15, 0.2) is 52.0 Å². The maximum atomic E-state index is 12.6. The maximum absolute atomic E-state index is 12.6. The van der Waals surface area contributed by atoms with Crippen LogP contribution in [0.2, 0.25) is 0 Å². The van der Waals surface area contributed by atoms with E-state index in [1.165, 1.54) is 16.6 Å². The van der Waals surface area contributed by atoms with Gasteiger partial charge < -0.3 is 9.15 Å². The second-order valence-corrected chi connectivity index (χ2v) is 8.61. The van der Waals surface area contributed by atoms with Crippen molar-refractivity contribution in [1.82, 2.24) is 4.31 Å². The highest BCUT2D eigenvalue weighted by Crippen LogP contribution is 2.21. The summed E-state index contributed by atoms with van der Waals surface area (Å²) >= 11 is 0. The van der Waals surface area contributed by atoms with E-state index in [1.54, 1.807) is 30.3 Å². The summed E-state index contributed by atoms with van der Waals surface area (Å²) < 4.78 is 36.7. The summed E-state index contributed by atoms with van der Waals surface area (Å²) in [4.78, 5) is 23.8. The Kier molecular flexibility index (Phi) is 6.64. The number of Topliss-reactive ketones (excluding diaryl/α,β-unsaturated/α-hetero) is 1. The Morgan fingerprint density at radius 1 is 1.04 bits per heavy atom. The second-order valence-electron chi connectivity index (χ2n) is 6.67. The summed E-state index contributed by atoms with van der Waals surface area (Å²) in [5, 5.41) is 0. The minimum absolute atomic E-state index is 0.101. The third-order valence-corrected chi connectivity index (χ3v) is 6.57. The van der Waals surface area contributed by atoms with Crippen LogP contribution in [-0.4, -0.2) is 44.2 Å². The molecule has 3 rings (SSSR count). The van der Waals surface area contributed by atoms with Crippen molar-refractivity contribution in [3.05, 3.63) is 54.0 Å². The largest absolute Gasteiger partial charge is 0.461 e. The van der Waals surface area contributed by atoms with Crippen molar-refractivity contribution in [3.63, 3.8) is 0 Å². The van der Waals surface area contributed by atoms with Crippen LogP contribution in [0, 0.1) is 0 Å². The Morgan fingerprint density at radius 2 is 1.75 bits per heavy atom. The Bertz CT molecular complexity index is 897. The van der Waals surface area contributed by atoms with Crippen molar-refractivity contribution in [2.75, 3.05) is 19.7 Å². The minimum atomic E-state index is -3.45. The number of piperidine rings is 1. The molecule has 1 aliphatic rings. The molecular weight excluding hydrogens is 382 g/mol. The topological polar surface area (TPSA) is 93.9 Å². The Balaban J connectivity index is 1.48. The molecule has 0 aliphatic carbocycles. The lowest BCUT2D eigenvalue weighted by atomic mass is 10.1. The van der Waals surface area contributed by atoms with Gasteiger partial charge in [-0.2, -0.15) is 4.31 Å². The number of hydrogen-bond donors (Lipinski definition) is 0. The van der Waals surface area contributed by atoms with Gasteiger partial charge in [0.25, 0.3) is 0 Å². The lowest BCUT2D eigenvalue weighted by Gasteiger charge is -2.25. The number of nitrogens with zero attached hydrogens (tertiary/aromatic N) is 1. The number of carbonyl (C=O) groups excluding carboxylic acids is 2. The SMILES string of the molecule is O=C(CCc1ccc(S(=O)(=O)N2CCCCC2)cc1)OCC(=O)c1ccco1. The van der Waals surface area contributed by atoms with E-state index < -0.39 is 21.8 Å². The zero-order valence-corrected chi connectivity index (χ0v) is 16.3. The first-order chi connectivity index (χ1) is 13.5. The number of ether oxygens (including phenoxy) is 1. The molecule has 0 amide bonds. The van der Waals surface area contributed by atoms with Crippen molar-refractivity contribution >= 4 is 21.8 Å². The fraction of sp³-hybridized carbons (Fsp3) is 0.400. The number of aryl methyl sites for hydroxylation is 1. The summed E-state index contributed by atoms with van der Waals surface area (Å²) in [6.07, 6.45) is 4.73. The average Bonchev–Trinajstić information content (AvgIpc) is 3.26. The lowest BCUT2D eigenvalue weighted by Crippen LogP contribution is -2.35. The quantitative estimate of drug-likeness (QED) is 0.495. The molecule has 150 valence electrons. The smallest absolute Gasteiger partial charge is 0.306 e. The van der Waals surface area contributed by atoms with Crippen LogP contribution >= 0.6 is 0 Å². The van der Waals surface area contributed by atoms with Crippen molar-refractivity contribution < 1.29 is 27.2 Å². The first-order valence-corrected chi connectivity index (χ1v) is 10.7. The van der Waals surface area contributed by atoms with Gasteiger partial charge in [-0.1, -0.05) is 18.6 Å². The van der Waals surface area contributed by atoms with Gasteiger partial charge in [-0.25, -0.2) is 8.42 Å². The molecule has 7 nitrogen and oxygen atoms in total. The van der Waals surface area contributed by atoms with Crippen LogP contribution in [-0.2, 0) is 26.0 Å². The lowest BCUT2D eigenvalue weighted by molar-refractivity contribution is -0.142. The van der Waals surface area contributed by atoms with Gasteiger partial charge >= 0.3 is 5.97 Å². The van der Waals surface area contributed by atoms with E-state index in [9.17, 15) is 18.0 Å². The average molecular weight is 405 g/mol. The van der Waals surface area contributed by atoms with Gasteiger partial charge in [0.1, 0.15) is 0 Å². The van der Waals surface area contributed by atoms with Crippen LogP contribution in [0.3, 0.4) is 0 Å². The molecule has 1 fully saturated rings. The molecule has 0 bridgehead atoms. The fourth-order valence-electron chi connectivity index (χ4n) is 3.06. The van der Waals surface area contributed by atoms with E-state index in [-0.39, 0.29) is 23.7 Å². The highest BCUT2D eigenvalue weighted by atomic mass is 32.2. The summed E-state index contributed by atoms with van der Waals surface area (Å²) in [5.74, 6) is -0.742. The Labute approximate surface area is 164 Å². The maximum Gasteiger partial charge on any atom is 0.306 e. The summed E-state index contributed by atoms with van der Waals surface area (Å²) in [6, 6.07) is 9.66. The Hall–Kier alpha value is -2.45. The van der Waals surface area contributed by atoms with E-state index in [1.807, 2.05) is 0 Å². The van der Waals surface area contributed by atoms with Gasteiger partial charge in [0.2, 0.25) is 15.8 Å². The van der Waals surface area contributed by atoms with Gasteiger partial charge in [0.15, 0.2) is 12.4 Å². The molecule has 1 saturated heterocycles. The monoisotopic (exact) mass is 405 g/mol.